The van der Waals surface area contributed by atoms with E-state index in [1.807, 2.05) is 0 Å². The molecule has 4 nitrogen and oxygen atoms in total. The maximum absolute atomic E-state index is 10.3. The summed E-state index contributed by atoms with van der Waals surface area (Å²) in [6.45, 7) is 0.940. The second kappa shape index (κ2) is 2.11. The molecule has 0 heterocycles. The van der Waals surface area contributed by atoms with Gasteiger partial charge in [0.25, 0.3) is 5.79 Å². The van der Waals surface area contributed by atoms with Crippen molar-refractivity contribution < 1.29 is 19.7 Å². The molecule has 0 saturated carbocycles. The molecule has 0 saturated heterocycles. The lowest BCUT2D eigenvalue weighted by Gasteiger charge is -2.10. The highest BCUT2D eigenvalue weighted by molar-refractivity contribution is 5.74. The van der Waals surface area contributed by atoms with Crippen LogP contribution in [0.1, 0.15) is 6.92 Å². The smallest absolute Gasteiger partial charge is 0.367 e. The number of carboxylic acid groups (broad SMARTS) is 1. The molecule has 0 aliphatic rings. The molecule has 1 N–H and O–H groups in total. The summed E-state index contributed by atoms with van der Waals surface area (Å²) < 4.78 is 4.04. The predicted molar refractivity (Wildman–Crippen MR) is 23.7 cm³/mol. The Morgan fingerprint density at radius 3 is 2.12 bits per heavy atom. The van der Waals surface area contributed by atoms with Crippen LogP contribution in [-0.4, -0.2) is 24.0 Å². The number of hydrogen-bond donors (Lipinski definition) is 1. The molecule has 1 atom stereocenters. The highest BCUT2D eigenvalue weighted by atomic mass is 16.6. The van der Waals surface area contributed by atoms with Crippen LogP contribution in [0.25, 0.3) is 0 Å². The van der Waals surface area contributed by atoms with Crippen molar-refractivity contribution in [1.82, 2.24) is 0 Å². The van der Waals surface area contributed by atoms with E-state index in [2.05, 4.69) is 4.74 Å². The van der Waals surface area contributed by atoms with Gasteiger partial charge in [-0.05, 0) is 0 Å². The van der Waals surface area contributed by atoms with Crippen LogP contribution >= 0.6 is 0 Å². The van der Waals surface area contributed by atoms with Gasteiger partial charge >= 0.3 is 5.97 Å². The van der Waals surface area contributed by atoms with Crippen LogP contribution in [0, 0.1) is 0 Å². The summed E-state index contributed by atoms with van der Waals surface area (Å²) in [6.07, 6.45) is 0. The van der Waals surface area contributed by atoms with Gasteiger partial charge in [-0.25, -0.2) is 4.79 Å². The third-order valence-electron chi connectivity index (χ3n) is 0.778. The number of hydrogen-bond acceptors (Lipinski definition) is 2. The first-order valence-corrected chi connectivity index (χ1v) is 1.99. The summed E-state index contributed by atoms with van der Waals surface area (Å²) in [4.78, 5) is 9.81. The van der Waals surface area contributed by atoms with E-state index in [0.29, 0.717) is 0 Å². The fraction of sp³-hybridized carbons (Fsp3) is 0.750. The van der Waals surface area contributed by atoms with Gasteiger partial charge < -0.3 is 9.84 Å². The lowest BCUT2D eigenvalue weighted by Crippen LogP contribution is -2.35. The number of rotatable bonds is 2. The third kappa shape index (κ3) is 1.48. The summed E-state index contributed by atoms with van der Waals surface area (Å²) in [5.41, 5.74) is 0. The molecule has 0 aromatic rings. The molecule has 0 aliphatic carbocycles. The van der Waals surface area contributed by atoms with Crippen molar-refractivity contribution >= 4 is 5.97 Å². The first-order valence-electron chi connectivity index (χ1n) is 1.99. The summed E-state index contributed by atoms with van der Waals surface area (Å²) in [5.74, 6) is -3.79. The summed E-state index contributed by atoms with van der Waals surface area (Å²) >= 11 is 0. The van der Waals surface area contributed by atoms with E-state index < -0.39 is 11.8 Å². The summed E-state index contributed by atoms with van der Waals surface area (Å²) in [7, 11) is 1.06. The van der Waals surface area contributed by atoms with Crippen molar-refractivity contribution in [2.75, 3.05) is 7.11 Å². The summed E-state index contributed by atoms with van der Waals surface area (Å²) in [6, 6.07) is 0. The highest BCUT2D eigenvalue weighted by Gasteiger charge is 2.31. The molecule has 0 rings (SSSR count). The average molecular weight is 119 g/mol. The van der Waals surface area contributed by atoms with Gasteiger partial charge in [-0.1, -0.05) is 0 Å². The molecule has 0 bridgehead atoms. The van der Waals surface area contributed by atoms with E-state index in [-0.39, 0.29) is 0 Å². The number of ether oxygens (including phenoxy) is 1. The average Bonchev–Trinajstić information content (AvgIpc) is 1.67. The first-order chi connectivity index (χ1) is 3.50. The molecule has 0 aromatic heterocycles. The lowest BCUT2D eigenvalue weighted by atomic mass is 10.3. The van der Waals surface area contributed by atoms with Crippen LogP contribution < -0.4 is 0 Å². The van der Waals surface area contributed by atoms with Crippen molar-refractivity contribution in [3.05, 3.63) is 0 Å². The zero-order chi connectivity index (χ0) is 6.78. The van der Waals surface area contributed by atoms with Gasteiger partial charge in [0.15, 0.2) is 0 Å². The van der Waals surface area contributed by atoms with Gasteiger partial charge in [-0.15, -0.1) is 0 Å². The van der Waals surface area contributed by atoms with Gasteiger partial charge in [0.2, 0.25) is 0 Å². The maximum atomic E-state index is 10.3. The van der Waals surface area contributed by atoms with Crippen LogP contribution in [0.15, 0.2) is 0 Å². The van der Waals surface area contributed by atoms with Gasteiger partial charge in [0.05, 0.1) is 0 Å². The second-order valence-electron chi connectivity index (χ2n) is 1.45. The molecule has 0 spiro atoms. The Hall–Kier alpha value is -0.610. The Balaban J connectivity index is 3.91. The zero-order valence-corrected chi connectivity index (χ0v) is 4.67. The summed E-state index contributed by atoms with van der Waals surface area (Å²) in [5, 5.41) is 18.4. The van der Waals surface area contributed by atoms with Gasteiger partial charge in [-0.3, -0.25) is 0 Å². The number of aliphatic carboxylic acids is 1. The van der Waals surface area contributed by atoms with Gasteiger partial charge in [0, 0.05) is 14.0 Å². The topological polar surface area (TPSA) is 66.4 Å². The third-order valence-corrected chi connectivity index (χ3v) is 0.778. The monoisotopic (exact) mass is 119 g/mol. The van der Waals surface area contributed by atoms with Crippen LogP contribution in [0.4, 0.5) is 0 Å². The fourth-order valence-electron chi connectivity index (χ4n) is 0.0873. The van der Waals surface area contributed by atoms with E-state index in [0.717, 1.165) is 14.0 Å². The Labute approximate surface area is 46.7 Å². The van der Waals surface area contributed by atoms with Crippen molar-refractivity contribution in [2.24, 2.45) is 0 Å². The van der Waals surface area contributed by atoms with Gasteiger partial charge in [0.1, 0.15) is 0 Å². The molecule has 0 aliphatic heterocycles. The molecule has 4 heteroatoms. The molecule has 1 unspecified atom stereocenters. The van der Waals surface area contributed by atoms with E-state index in [9.17, 15) is 9.90 Å². The SMILES string of the molecule is COC(C)([O])C(=O)O. The minimum absolute atomic E-state index is 0.940. The number of carbonyl (C=O) groups is 1. The molecule has 0 fully saturated rings. The quantitative estimate of drug-likeness (QED) is 0.514. The van der Waals surface area contributed by atoms with Crippen molar-refractivity contribution in [3.8, 4) is 0 Å². The molecular formula is C4H7O4. The standard InChI is InChI=1S/C4H7O4/c1-4(7,8-2)3(5)6/h1-2H3,(H,5,6). The predicted octanol–water partition coefficient (Wildman–Crippen LogP) is -0.136. The van der Waals surface area contributed by atoms with E-state index in [1.54, 1.807) is 0 Å². The fourth-order valence-corrected chi connectivity index (χ4v) is 0.0873. The van der Waals surface area contributed by atoms with Crippen molar-refractivity contribution in [3.63, 3.8) is 0 Å². The van der Waals surface area contributed by atoms with E-state index in [4.69, 9.17) is 5.11 Å². The first kappa shape index (κ1) is 7.39. The highest BCUT2D eigenvalue weighted by Crippen LogP contribution is 2.02. The molecule has 8 heavy (non-hydrogen) atoms. The van der Waals surface area contributed by atoms with Crippen LogP contribution in [-0.2, 0) is 14.6 Å². The minimum Gasteiger partial charge on any atom is -0.477 e. The molecule has 1 radical (unpaired) electrons. The zero-order valence-electron chi connectivity index (χ0n) is 4.67. The number of methoxy groups -OCH3 is 1. The van der Waals surface area contributed by atoms with Crippen LogP contribution in [0.2, 0.25) is 0 Å². The van der Waals surface area contributed by atoms with Crippen molar-refractivity contribution in [2.45, 2.75) is 12.7 Å². The van der Waals surface area contributed by atoms with Crippen molar-refractivity contribution in [1.29, 1.82) is 0 Å². The van der Waals surface area contributed by atoms with Crippen LogP contribution in [0.3, 0.4) is 0 Å². The molecule has 0 amide bonds. The second-order valence-corrected chi connectivity index (χ2v) is 1.45. The van der Waals surface area contributed by atoms with E-state index >= 15 is 0 Å². The van der Waals surface area contributed by atoms with Gasteiger partial charge in [-0.2, -0.15) is 5.11 Å². The Morgan fingerprint density at radius 1 is 1.75 bits per heavy atom. The normalized spacial score (nSPS) is 17.4. The lowest BCUT2D eigenvalue weighted by molar-refractivity contribution is -0.228. The molecule has 47 valence electrons. The van der Waals surface area contributed by atoms with Crippen LogP contribution in [0.5, 0.6) is 0 Å². The Morgan fingerprint density at radius 2 is 2.12 bits per heavy atom. The largest absolute Gasteiger partial charge is 0.477 e. The maximum Gasteiger partial charge on any atom is 0.367 e. The molecular weight excluding hydrogens is 112 g/mol. The number of carboxylic acids is 1. The molecule has 0 aromatic carbocycles. The Bertz CT molecular complexity index is 96.2. The Kier molecular flexibility index (Phi) is 1.94. The van der Waals surface area contributed by atoms with E-state index in [1.165, 1.54) is 0 Å². The minimum atomic E-state index is -2.29.